The summed E-state index contributed by atoms with van der Waals surface area (Å²) in [6.07, 6.45) is 0. The van der Waals surface area contributed by atoms with E-state index in [0.29, 0.717) is 0 Å². The summed E-state index contributed by atoms with van der Waals surface area (Å²) in [6, 6.07) is 21.4. The SMILES string of the molecule is C[N+](C)(CCOCC[N+](C)(C)Cc1ccccc1)Cc1ccccc1.[Br-].[Br-]. The molecule has 0 aliphatic carbocycles. The summed E-state index contributed by atoms with van der Waals surface area (Å²) in [5.41, 5.74) is 2.77. The van der Waals surface area contributed by atoms with E-state index in [-0.39, 0.29) is 34.0 Å². The quantitative estimate of drug-likeness (QED) is 0.260. The first-order chi connectivity index (χ1) is 11.9. The monoisotopic (exact) mass is 500 g/mol. The second-order valence-corrected chi connectivity index (χ2v) is 8.22. The van der Waals surface area contributed by atoms with E-state index < -0.39 is 0 Å². The van der Waals surface area contributed by atoms with Gasteiger partial charge in [0.2, 0.25) is 0 Å². The van der Waals surface area contributed by atoms with Crippen LogP contribution in [0.25, 0.3) is 0 Å². The van der Waals surface area contributed by atoms with E-state index in [2.05, 4.69) is 88.9 Å². The third kappa shape index (κ3) is 11.0. The zero-order chi connectivity index (χ0) is 18.2. The summed E-state index contributed by atoms with van der Waals surface area (Å²) >= 11 is 0. The molecule has 0 saturated heterocycles. The molecule has 0 spiro atoms. The lowest BCUT2D eigenvalue weighted by molar-refractivity contribution is -0.907. The number of halogens is 2. The van der Waals surface area contributed by atoms with Crippen molar-refractivity contribution in [3.8, 4) is 0 Å². The number of ether oxygens (including phenoxy) is 1. The highest BCUT2D eigenvalue weighted by atomic mass is 79.9. The third-order valence-electron chi connectivity index (χ3n) is 4.59. The van der Waals surface area contributed by atoms with Crippen molar-refractivity contribution >= 4 is 0 Å². The lowest BCUT2D eigenvalue weighted by Crippen LogP contribution is -3.00. The maximum absolute atomic E-state index is 5.95. The average Bonchev–Trinajstić information content (AvgIpc) is 2.55. The molecule has 2 rings (SSSR count). The number of quaternary nitrogens is 2. The van der Waals surface area contributed by atoms with E-state index in [0.717, 1.165) is 48.4 Å². The second kappa shape index (κ2) is 12.7. The molecule has 0 saturated carbocycles. The summed E-state index contributed by atoms with van der Waals surface area (Å²) in [4.78, 5) is 0. The van der Waals surface area contributed by atoms with Crippen LogP contribution >= 0.6 is 0 Å². The minimum Gasteiger partial charge on any atom is -1.00 e. The smallest absolute Gasteiger partial charge is 0.104 e. The van der Waals surface area contributed by atoms with E-state index in [1.807, 2.05) is 0 Å². The molecule has 2 aromatic carbocycles. The summed E-state index contributed by atoms with van der Waals surface area (Å²) < 4.78 is 7.85. The standard InChI is InChI=1S/C22H34N2O.2BrH/c1-23(2,19-21-11-7-5-8-12-21)15-17-25-18-16-24(3,4)20-22-13-9-6-10-14-22;;/h5-14H,15-20H2,1-4H3;2*1H/q+2;;/p-2. The number of nitrogens with zero attached hydrogens (tertiary/aromatic N) is 2. The van der Waals surface area contributed by atoms with E-state index in [1.165, 1.54) is 11.1 Å². The minimum absolute atomic E-state index is 0. The Bertz CT molecular complexity index is 563. The summed E-state index contributed by atoms with van der Waals surface area (Å²) in [6.45, 7) is 5.76. The second-order valence-electron chi connectivity index (χ2n) is 8.22. The first kappa shape index (κ1) is 26.3. The molecule has 0 atom stereocenters. The molecule has 0 heterocycles. The van der Waals surface area contributed by atoms with Crippen molar-refractivity contribution in [3.05, 3.63) is 71.8 Å². The predicted molar refractivity (Wildman–Crippen MR) is 105 cm³/mol. The minimum atomic E-state index is 0. The highest BCUT2D eigenvalue weighted by molar-refractivity contribution is 5.14. The van der Waals surface area contributed by atoms with Crippen LogP contribution in [-0.2, 0) is 17.8 Å². The van der Waals surface area contributed by atoms with Crippen molar-refractivity contribution in [3.63, 3.8) is 0 Å². The Morgan fingerprint density at radius 2 is 0.926 bits per heavy atom. The molecule has 0 N–H and O–H groups in total. The van der Waals surface area contributed by atoms with Gasteiger partial charge in [-0.05, 0) is 0 Å². The maximum Gasteiger partial charge on any atom is 0.104 e. The fraction of sp³-hybridized carbons (Fsp3) is 0.455. The van der Waals surface area contributed by atoms with Crippen molar-refractivity contribution in [2.45, 2.75) is 13.1 Å². The zero-order valence-corrected chi connectivity index (χ0v) is 20.2. The highest BCUT2D eigenvalue weighted by Gasteiger charge is 2.18. The van der Waals surface area contributed by atoms with Gasteiger partial charge >= 0.3 is 0 Å². The maximum atomic E-state index is 5.95. The molecule has 2 aromatic rings. The Kier molecular flexibility index (Phi) is 12.3. The van der Waals surface area contributed by atoms with Crippen molar-refractivity contribution < 1.29 is 47.7 Å². The number of benzene rings is 2. The van der Waals surface area contributed by atoms with Crippen LogP contribution in [0.5, 0.6) is 0 Å². The molecule has 0 amide bonds. The number of hydrogen-bond donors (Lipinski definition) is 0. The van der Waals surface area contributed by atoms with E-state index in [9.17, 15) is 0 Å². The van der Waals surface area contributed by atoms with Crippen LogP contribution < -0.4 is 34.0 Å². The van der Waals surface area contributed by atoms with Crippen LogP contribution in [0.3, 0.4) is 0 Å². The predicted octanol–water partition coefficient (Wildman–Crippen LogP) is -2.44. The van der Waals surface area contributed by atoms with Gasteiger partial charge in [0.05, 0.1) is 41.4 Å². The first-order valence-electron chi connectivity index (χ1n) is 9.16. The Morgan fingerprint density at radius 3 is 1.26 bits per heavy atom. The largest absolute Gasteiger partial charge is 1.00 e. The Labute approximate surface area is 186 Å². The topological polar surface area (TPSA) is 9.23 Å². The van der Waals surface area contributed by atoms with Crippen molar-refractivity contribution in [1.82, 2.24) is 0 Å². The zero-order valence-electron chi connectivity index (χ0n) is 17.1. The molecule has 0 aromatic heterocycles. The third-order valence-corrected chi connectivity index (χ3v) is 4.59. The van der Waals surface area contributed by atoms with E-state index in [1.54, 1.807) is 0 Å². The molecule has 0 fully saturated rings. The van der Waals surface area contributed by atoms with Gasteiger partial charge in [0.25, 0.3) is 0 Å². The molecule has 0 unspecified atom stereocenters. The van der Waals surface area contributed by atoms with Crippen LogP contribution in [0.15, 0.2) is 60.7 Å². The van der Waals surface area contributed by atoms with Crippen molar-refractivity contribution in [2.24, 2.45) is 0 Å². The van der Waals surface area contributed by atoms with Crippen LogP contribution in [0.1, 0.15) is 11.1 Å². The van der Waals surface area contributed by atoms with Crippen LogP contribution in [0.2, 0.25) is 0 Å². The summed E-state index contributed by atoms with van der Waals surface area (Å²) in [5.74, 6) is 0. The number of likely N-dealkylation sites (N-methyl/N-ethyl adjacent to an activating group) is 2. The van der Waals surface area contributed by atoms with Gasteiger partial charge in [0.1, 0.15) is 26.2 Å². The number of rotatable bonds is 10. The fourth-order valence-corrected chi connectivity index (χ4v) is 3.04. The molecular weight excluding hydrogens is 468 g/mol. The van der Waals surface area contributed by atoms with Gasteiger partial charge in [0.15, 0.2) is 0 Å². The molecule has 0 radical (unpaired) electrons. The van der Waals surface area contributed by atoms with Gasteiger partial charge in [-0.25, -0.2) is 0 Å². The summed E-state index contributed by atoms with van der Waals surface area (Å²) in [7, 11) is 9.08. The van der Waals surface area contributed by atoms with Crippen LogP contribution in [0.4, 0.5) is 0 Å². The van der Waals surface area contributed by atoms with Gasteiger partial charge in [-0.3, -0.25) is 0 Å². The summed E-state index contributed by atoms with van der Waals surface area (Å²) in [5, 5.41) is 0. The molecule has 3 nitrogen and oxygen atoms in total. The average molecular weight is 502 g/mol. The lowest BCUT2D eigenvalue weighted by atomic mass is 10.2. The Balaban J connectivity index is 0.00000338. The van der Waals surface area contributed by atoms with E-state index in [4.69, 9.17) is 4.74 Å². The molecule has 0 aliphatic heterocycles. The fourth-order valence-electron chi connectivity index (χ4n) is 3.04. The molecule has 5 heteroatoms. The Morgan fingerprint density at radius 1 is 0.593 bits per heavy atom. The number of hydrogen-bond acceptors (Lipinski definition) is 1. The van der Waals surface area contributed by atoms with Gasteiger partial charge in [0, 0.05) is 11.1 Å². The van der Waals surface area contributed by atoms with Gasteiger partial charge in [-0.2, -0.15) is 0 Å². The van der Waals surface area contributed by atoms with Crippen molar-refractivity contribution in [2.75, 3.05) is 54.5 Å². The van der Waals surface area contributed by atoms with Crippen LogP contribution in [-0.4, -0.2) is 63.5 Å². The first-order valence-corrected chi connectivity index (χ1v) is 9.16. The normalized spacial score (nSPS) is 11.4. The van der Waals surface area contributed by atoms with Gasteiger partial charge in [-0.1, -0.05) is 60.7 Å². The van der Waals surface area contributed by atoms with Crippen LogP contribution in [0, 0.1) is 0 Å². The highest BCUT2D eigenvalue weighted by Crippen LogP contribution is 2.10. The van der Waals surface area contributed by atoms with Gasteiger partial charge in [-0.15, -0.1) is 0 Å². The lowest BCUT2D eigenvalue weighted by Gasteiger charge is -2.31. The van der Waals surface area contributed by atoms with Crippen molar-refractivity contribution in [1.29, 1.82) is 0 Å². The molecule has 0 bridgehead atoms. The van der Waals surface area contributed by atoms with Gasteiger partial charge < -0.3 is 47.7 Å². The molecule has 27 heavy (non-hydrogen) atoms. The molecule has 0 aliphatic rings. The van der Waals surface area contributed by atoms with E-state index >= 15 is 0 Å². The molecule has 152 valence electrons. The Hall–Kier alpha value is -0.720. The molecular formula is C22H34Br2N2O.